The number of methoxy groups -OCH3 is 1. The highest BCUT2D eigenvalue weighted by molar-refractivity contribution is 6.03. The second-order valence-corrected chi connectivity index (χ2v) is 5.38. The highest BCUT2D eigenvalue weighted by Gasteiger charge is 2.16. The number of esters is 1. The predicted molar refractivity (Wildman–Crippen MR) is 90.8 cm³/mol. The number of carbonyl (C=O) groups is 2. The monoisotopic (exact) mass is 342 g/mol. The van der Waals surface area contributed by atoms with E-state index >= 15 is 0 Å². The number of carbonyl (C=O) groups excluding carboxylic acids is 2. The molecule has 0 bridgehead atoms. The van der Waals surface area contributed by atoms with Crippen LogP contribution in [0, 0.1) is 0 Å². The van der Waals surface area contributed by atoms with Crippen LogP contribution < -0.4 is 10.2 Å². The Morgan fingerprint density at radius 3 is 2.56 bits per heavy atom. The average molecular weight is 342 g/mol. The normalized spacial score (nSPS) is 14.0. The number of nitrogens with one attached hydrogen (secondary N) is 1. The first-order valence-corrected chi connectivity index (χ1v) is 7.82. The highest BCUT2D eigenvalue weighted by atomic mass is 16.5. The summed E-state index contributed by atoms with van der Waals surface area (Å²) < 4.78 is 9.96. The van der Waals surface area contributed by atoms with E-state index in [0.29, 0.717) is 30.3 Å². The summed E-state index contributed by atoms with van der Waals surface area (Å²) in [5, 5.41) is 2.75. The zero-order chi connectivity index (χ0) is 17.6. The van der Waals surface area contributed by atoms with E-state index in [9.17, 15) is 9.59 Å². The molecule has 3 rings (SSSR count). The smallest absolute Gasteiger partial charge is 0.337 e. The summed E-state index contributed by atoms with van der Waals surface area (Å²) in [4.78, 5) is 34.1. The fourth-order valence-electron chi connectivity index (χ4n) is 2.44. The maximum absolute atomic E-state index is 12.4. The van der Waals surface area contributed by atoms with Crippen LogP contribution in [0.25, 0.3) is 0 Å². The van der Waals surface area contributed by atoms with Crippen LogP contribution in [0.5, 0.6) is 0 Å². The topological polar surface area (TPSA) is 93.7 Å². The molecule has 1 fully saturated rings. The number of amides is 1. The van der Waals surface area contributed by atoms with Crippen LogP contribution in [0.2, 0.25) is 0 Å². The lowest BCUT2D eigenvalue weighted by molar-refractivity contribution is 0.0600. The molecule has 1 aliphatic rings. The summed E-state index contributed by atoms with van der Waals surface area (Å²) in [6, 6.07) is 8.09. The Morgan fingerprint density at radius 2 is 1.88 bits per heavy atom. The van der Waals surface area contributed by atoms with Crippen molar-refractivity contribution in [2.75, 3.05) is 43.6 Å². The van der Waals surface area contributed by atoms with Crippen LogP contribution in [0.15, 0.2) is 36.7 Å². The van der Waals surface area contributed by atoms with Gasteiger partial charge in [-0.05, 0) is 24.3 Å². The lowest BCUT2D eigenvalue weighted by atomic mass is 10.2. The predicted octanol–water partition coefficient (Wildman–Crippen LogP) is 1.35. The van der Waals surface area contributed by atoms with Gasteiger partial charge in [-0.25, -0.2) is 14.8 Å². The Balaban J connectivity index is 1.69. The van der Waals surface area contributed by atoms with Gasteiger partial charge in [-0.1, -0.05) is 0 Å². The Morgan fingerprint density at radius 1 is 1.16 bits per heavy atom. The first-order chi connectivity index (χ1) is 12.2. The molecular formula is C17H18N4O4. The largest absolute Gasteiger partial charge is 0.465 e. The Labute approximate surface area is 144 Å². The highest BCUT2D eigenvalue weighted by Crippen LogP contribution is 2.15. The maximum atomic E-state index is 12.4. The molecule has 25 heavy (non-hydrogen) atoms. The number of aromatic nitrogens is 2. The lowest BCUT2D eigenvalue weighted by Crippen LogP contribution is -2.37. The number of hydrogen-bond acceptors (Lipinski definition) is 7. The number of benzene rings is 1. The van der Waals surface area contributed by atoms with Gasteiger partial charge in [-0.3, -0.25) is 4.79 Å². The maximum Gasteiger partial charge on any atom is 0.337 e. The molecule has 130 valence electrons. The molecule has 1 aromatic carbocycles. The first-order valence-electron chi connectivity index (χ1n) is 7.82. The molecule has 0 atom stereocenters. The van der Waals surface area contributed by atoms with Crippen molar-refractivity contribution in [3.63, 3.8) is 0 Å². The van der Waals surface area contributed by atoms with Gasteiger partial charge in [0.1, 0.15) is 17.8 Å². The van der Waals surface area contributed by atoms with E-state index in [1.165, 1.54) is 13.4 Å². The van der Waals surface area contributed by atoms with Crippen molar-refractivity contribution in [3.8, 4) is 0 Å². The van der Waals surface area contributed by atoms with Gasteiger partial charge in [0.25, 0.3) is 5.91 Å². The molecule has 0 aliphatic carbocycles. The fourth-order valence-corrected chi connectivity index (χ4v) is 2.44. The van der Waals surface area contributed by atoms with E-state index < -0.39 is 5.97 Å². The second-order valence-electron chi connectivity index (χ2n) is 5.38. The molecular weight excluding hydrogens is 324 g/mol. The number of anilines is 2. The summed E-state index contributed by atoms with van der Waals surface area (Å²) >= 11 is 0. The Kier molecular flexibility index (Phi) is 5.20. The minimum Gasteiger partial charge on any atom is -0.465 e. The van der Waals surface area contributed by atoms with E-state index in [1.807, 2.05) is 4.90 Å². The van der Waals surface area contributed by atoms with Gasteiger partial charge in [-0.15, -0.1) is 0 Å². The molecule has 2 heterocycles. The van der Waals surface area contributed by atoms with E-state index in [2.05, 4.69) is 20.0 Å². The van der Waals surface area contributed by atoms with Gasteiger partial charge in [0, 0.05) is 24.8 Å². The van der Waals surface area contributed by atoms with Crippen molar-refractivity contribution in [3.05, 3.63) is 47.9 Å². The zero-order valence-corrected chi connectivity index (χ0v) is 13.8. The molecule has 8 nitrogen and oxygen atoms in total. The SMILES string of the molecule is COC(=O)c1ccc(NC(=O)c2cc(N3CCOCC3)ncn2)cc1. The second kappa shape index (κ2) is 7.71. The van der Waals surface area contributed by atoms with Gasteiger partial charge in [0.2, 0.25) is 0 Å². The third-order valence-electron chi connectivity index (χ3n) is 3.78. The van der Waals surface area contributed by atoms with Crippen LogP contribution in [0.1, 0.15) is 20.8 Å². The lowest BCUT2D eigenvalue weighted by Gasteiger charge is -2.27. The molecule has 1 N–H and O–H groups in total. The van der Waals surface area contributed by atoms with Crippen molar-refractivity contribution < 1.29 is 19.1 Å². The molecule has 0 spiro atoms. The molecule has 1 amide bonds. The Bertz CT molecular complexity index is 757. The van der Waals surface area contributed by atoms with Gasteiger partial charge < -0.3 is 19.7 Å². The summed E-state index contributed by atoms with van der Waals surface area (Å²) in [7, 11) is 1.32. The summed E-state index contributed by atoms with van der Waals surface area (Å²) in [5.74, 6) is -0.0731. The van der Waals surface area contributed by atoms with Gasteiger partial charge >= 0.3 is 5.97 Å². The number of rotatable bonds is 4. The van der Waals surface area contributed by atoms with E-state index in [-0.39, 0.29) is 11.6 Å². The minimum absolute atomic E-state index is 0.272. The molecule has 2 aromatic rings. The van der Waals surface area contributed by atoms with E-state index in [1.54, 1.807) is 30.3 Å². The number of hydrogen-bond donors (Lipinski definition) is 1. The van der Waals surface area contributed by atoms with Crippen LogP contribution in [0.4, 0.5) is 11.5 Å². The van der Waals surface area contributed by atoms with Crippen molar-refractivity contribution in [1.29, 1.82) is 0 Å². The molecule has 1 aliphatic heterocycles. The summed E-state index contributed by atoms with van der Waals surface area (Å²) in [5.41, 5.74) is 1.25. The van der Waals surface area contributed by atoms with Crippen LogP contribution >= 0.6 is 0 Å². The third-order valence-corrected chi connectivity index (χ3v) is 3.78. The molecule has 1 saturated heterocycles. The zero-order valence-electron chi connectivity index (χ0n) is 13.8. The quantitative estimate of drug-likeness (QED) is 0.838. The summed E-state index contributed by atoms with van der Waals surface area (Å²) in [6.45, 7) is 2.73. The van der Waals surface area contributed by atoms with E-state index in [4.69, 9.17) is 4.74 Å². The standard InChI is InChI=1S/C17H18N4O4/c1-24-17(23)12-2-4-13(5-3-12)20-16(22)14-10-15(19-11-18-14)21-6-8-25-9-7-21/h2-5,10-11H,6-9H2,1H3,(H,20,22). The van der Waals surface area contributed by atoms with Gasteiger partial charge in [0.05, 0.1) is 25.9 Å². The Hall–Kier alpha value is -3.00. The molecule has 1 aromatic heterocycles. The fraction of sp³-hybridized carbons (Fsp3) is 0.294. The van der Waals surface area contributed by atoms with Crippen molar-refractivity contribution >= 4 is 23.4 Å². The molecule has 0 saturated carbocycles. The number of nitrogens with zero attached hydrogens (tertiary/aromatic N) is 3. The number of ether oxygens (including phenoxy) is 2. The first kappa shape index (κ1) is 16.8. The third kappa shape index (κ3) is 4.10. The van der Waals surface area contributed by atoms with Crippen LogP contribution in [0.3, 0.4) is 0 Å². The molecule has 0 radical (unpaired) electrons. The van der Waals surface area contributed by atoms with Gasteiger partial charge in [0.15, 0.2) is 0 Å². The van der Waals surface area contributed by atoms with Crippen molar-refractivity contribution in [2.24, 2.45) is 0 Å². The summed E-state index contributed by atoms with van der Waals surface area (Å²) in [6.07, 6.45) is 1.38. The van der Waals surface area contributed by atoms with Crippen molar-refractivity contribution in [1.82, 2.24) is 9.97 Å². The number of morpholine rings is 1. The average Bonchev–Trinajstić information content (AvgIpc) is 2.68. The minimum atomic E-state index is -0.427. The van der Waals surface area contributed by atoms with Crippen LogP contribution in [-0.2, 0) is 9.47 Å². The van der Waals surface area contributed by atoms with Crippen LogP contribution in [-0.4, -0.2) is 55.3 Å². The molecule has 0 unspecified atom stereocenters. The molecule has 8 heteroatoms. The van der Waals surface area contributed by atoms with Gasteiger partial charge in [-0.2, -0.15) is 0 Å². The van der Waals surface area contributed by atoms with Crippen molar-refractivity contribution in [2.45, 2.75) is 0 Å². The van der Waals surface area contributed by atoms with E-state index in [0.717, 1.165) is 13.1 Å².